The maximum Gasteiger partial charge on any atom is 0.326 e. The van der Waals surface area contributed by atoms with E-state index in [-0.39, 0.29) is 0 Å². The molecule has 3 rings (SSSR count). The molecule has 6 nitrogen and oxygen atoms in total. The normalized spacial score (nSPS) is 11.2. The fourth-order valence-corrected chi connectivity index (χ4v) is 3.63. The first-order valence-corrected chi connectivity index (χ1v) is 11.4. The Bertz CT molecular complexity index is 1170. The third-order valence-electron chi connectivity index (χ3n) is 4.83. The molecule has 162 valence electrons. The van der Waals surface area contributed by atoms with E-state index < -0.39 is 17.9 Å². The molecule has 0 aliphatic heterocycles. The lowest BCUT2D eigenvalue weighted by Gasteiger charge is -2.17. The van der Waals surface area contributed by atoms with Crippen molar-refractivity contribution in [2.75, 3.05) is 12.0 Å². The van der Waals surface area contributed by atoms with Gasteiger partial charge in [0.05, 0.1) is 5.56 Å². The Morgan fingerprint density at radius 3 is 2.47 bits per heavy atom. The Labute approximate surface area is 191 Å². The van der Waals surface area contributed by atoms with Crippen LogP contribution in [-0.4, -0.2) is 45.0 Å². The van der Waals surface area contributed by atoms with E-state index in [1.165, 1.54) is 18.1 Å². The molecule has 7 heteroatoms. The first-order valence-electron chi connectivity index (χ1n) is 9.99. The predicted molar refractivity (Wildman–Crippen MR) is 127 cm³/mol. The zero-order valence-corrected chi connectivity index (χ0v) is 18.6. The SMILES string of the molecule is CSCCC(NC(=O)c1ccc(C#Cc2cncnc2)cc1-c1ccccc1C)C(=O)O. The lowest BCUT2D eigenvalue weighted by molar-refractivity contribution is -0.139. The minimum absolute atomic E-state index is 0.352. The van der Waals surface area contributed by atoms with Gasteiger partial charge in [-0.05, 0) is 60.2 Å². The van der Waals surface area contributed by atoms with Crippen LogP contribution in [0.4, 0.5) is 0 Å². The van der Waals surface area contributed by atoms with Crippen molar-refractivity contribution in [3.05, 3.63) is 83.4 Å². The number of aryl methyl sites for hydroxylation is 1. The highest BCUT2D eigenvalue weighted by Crippen LogP contribution is 2.28. The van der Waals surface area contributed by atoms with E-state index in [0.717, 1.165) is 16.7 Å². The van der Waals surface area contributed by atoms with Crippen LogP contribution < -0.4 is 5.32 Å². The van der Waals surface area contributed by atoms with Gasteiger partial charge in [-0.2, -0.15) is 11.8 Å². The Balaban J connectivity index is 2.00. The van der Waals surface area contributed by atoms with Gasteiger partial charge >= 0.3 is 5.97 Å². The van der Waals surface area contributed by atoms with Crippen LogP contribution in [-0.2, 0) is 4.79 Å². The Kier molecular flexibility index (Phi) is 8.01. The molecule has 32 heavy (non-hydrogen) atoms. The van der Waals surface area contributed by atoms with E-state index in [2.05, 4.69) is 27.1 Å². The third-order valence-corrected chi connectivity index (χ3v) is 5.47. The summed E-state index contributed by atoms with van der Waals surface area (Å²) in [6.07, 6.45) is 6.96. The minimum Gasteiger partial charge on any atom is -0.480 e. The van der Waals surface area contributed by atoms with Crippen molar-refractivity contribution in [1.29, 1.82) is 0 Å². The van der Waals surface area contributed by atoms with Crippen molar-refractivity contribution in [2.24, 2.45) is 0 Å². The van der Waals surface area contributed by atoms with Crippen LogP contribution in [0.25, 0.3) is 11.1 Å². The monoisotopic (exact) mass is 445 g/mol. The van der Waals surface area contributed by atoms with Crippen LogP contribution >= 0.6 is 11.8 Å². The first kappa shape index (κ1) is 23.0. The number of hydrogen-bond donors (Lipinski definition) is 2. The number of carboxylic acids is 1. The van der Waals surface area contributed by atoms with Gasteiger partial charge in [0, 0.05) is 23.5 Å². The van der Waals surface area contributed by atoms with Crippen LogP contribution in [0.3, 0.4) is 0 Å². The molecule has 0 fully saturated rings. The van der Waals surface area contributed by atoms with Crippen LogP contribution in [0.15, 0.2) is 61.2 Å². The summed E-state index contributed by atoms with van der Waals surface area (Å²) in [4.78, 5) is 32.6. The Morgan fingerprint density at radius 1 is 1.06 bits per heavy atom. The van der Waals surface area contributed by atoms with Gasteiger partial charge in [-0.3, -0.25) is 4.79 Å². The number of aliphatic carboxylic acids is 1. The van der Waals surface area contributed by atoms with Crippen molar-refractivity contribution in [3.8, 4) is 23.0 Å². The molecule has 0 spiro atoms. The Morgan fingerprint density at radius 2 is 1.78 bits per heavy atom. The number of amides is 1. The van der Waals surface area contributed by atoms with Crippen LogP contribution in [0.5, 0.6) is 0 Å². The number of nitrogens with one attached hydrogen (secondary N) is 1. The van der Waals surface area contributed by atoms with Gasteiger partial charge in [0.25, 0.3) is 5.91 Å². The quantitative estimate of drug-likeness (QED) is 0.538. The summed E-state index contributed by atoms with van der Waals surface area (Å²) in [7, 11) is 0. The number of carbonyl (C=O) groups is 2. The zero-order chi connectivity index (χ0) is 22.9. The van der Waals surface area contributed by atoms with Gasteiger partial charge in [0.15, 0.2) is 0 Å². The number of rotatable bonds is 7. The van der Waals surface area contributed by atoms with E-state index in [1.54, 1.807) is 24.5 Å². The molecule has 0 saturated heterocycles. The molecule has 1 aromatic heterocycles. The van der Waals surface area contributed by atoms with Gasteiger partial charge in [-0.25, -0.2) is 14.8 Å². The van der Waals surface area contributed by atoms with E-state index in [0.29, 0.717) is 28.9 Å². The maximum atomic E-state index is 13.1. The third kappa shape index (κ3) is 5.96. The molecule has 0 aliphatic carbocycles. The van der Waals surface area contributed by atoms with Crippen LogP contribution in [0, 0.1) is 18.8 Å². The number of hydrogen-bond acceptors (Lipinski definition) is 5. The van der Waals surface area contributed by atoms with E-state index in [1.807, 2.05) is 43.5 Å². The van der Waals surface area contributed by atoms with E-state index >= 15 is 0 Å². The second-order valence-electron chi connectivity index (χ2n) is 7.10. The highest BCUT2D eigenvalue weighted by Gasteiger charge is 2.22. The summed E-state index contributed by atoms with van der Waals surface area (Å²) >= 11 is 1.54. The van der Waals surface area contributed by atoms with Gasteiger partial charge in [0.1, 0.15) is 12.4 Å². The lowest BCUT2D eigenvalue weighted by atomic mass is 9.93. The lowest BCUT2D eigenvalue weighted by Crippen LogP contribution is -2.41. The van der Waals surface area contributed by atoms with Crippen LogP contribution in [0.2, 0.25) is 0 Å². The molecule has 0 saturated carbocycles. The molecule has 1 amide bonds. The number of nitrogens with zero attached hydrogens (tertiary/aromatic N) is 2. The number of aromatic nitrogens is 2. The average molecular weight is 446 g/mol. The molecule has 0 aliphatic rings. The fraction of sp³-hybridized carbons (Fsp3) is 0.200. The summed E-state index contributed by atoms with van der Waals surface area (Å²) in [5.74, 6) is 5.27. The number of carbonyl (C=O) groups excluding carboxylic acids is 1. The molecular formula is C25H23N3O3S. The molecule has 1 atom stereocenters. The minimum atomic E-state index is -1.04. The van der Waals surface area contributed by atoms with Gasteiger partial charge in [-0.1, -0.05) is 36.1 Å². The molecule has 0 radical (unpaired) electrons. The molecule has 2 N–H and O–H groups in total. The second kappa shape index (κ2) is 11.1. The molecule has 2 aromatic carbocycles. The average Bonchev–Trinajstić information content (AvgIpc) is 2.81. The summed E-state index contributed by atoms with van der Waals surface area (Å²) in [5, 5.41) is 12.2. The van der Waals surface area contributed by atoms with Gasteiger partial charge in [-0.15, -0.1) is 0 Å². The summed E-state index contributed by atoms with van der Waals surface area (Å²) in [6.45, 7) is 1.97. The van der Waals surface area contributed by atoms with Crippen molar-refractivity contribution in [2.45, 2.75) is 19.4 Å². The molecule has 3 aromatic rings. The Hall–Kier alpha value is -3.63. The maximum absolute atomic E-state index is 13.1. The number of thioether (sulfide) groups is 1. The molecule has 1 heterocycles. The largest absolute Gasteiger partial charge is 0.480 e. The molecule has 0 bridgehead atoms. The first-order chi connectivity index (χ1) is 15.5. The van der Waals surface area contributed by atoms with Crippen molar-refractivity contribution in [1.82, 2.24) is 15.3 Å². The standard InChI is InChI=1S/C25H23N3O3S/c1-17-5-3-4-6-20(17)22-13-18(7-8-19-14-26-16-27-15-19)9-10-21(22)24(29)28-23(25(30)31)11-12-32-2/h3-6,9-10,13-16,23H,11-12H2,1-2H3,(H,28,29)(H,30,31). The van der Waals surface area contributed by atoms with E-state index in [4.69, 9.17) is 0 Å². The highest BCUT2D eigenvalue weighted by molar-refractivity contribution is 7.98. The van der Waals surface area contributed by atoms with Gasteiger partial charge < -0.3 is 10.4 Å². The number of carboxylic acid groups (broad SMARTS) is 1. The fourth-order valence-electron chi connectivity index (χ4n) is 3.16. The number of benzene rings is 2. The topological polar surface area (TPSA) is 92.2 Å². The zero-order valence-electron chi connectivity index (χ0n) is 17.8. The predicted octanol–water partition coefficient (Wildman–Crippen LogP) is 3.79. The van der Waals surface area contributed by atoms with E-state index in [9.17, 15) is 14.7 Å². The summed E-state index contributed by atoms with van der Waals surface area (Å²) < 4.78 is 0. The van der Waals surface area contributed by atoms with Crippen LogP contribution in [0.1, 0.15) is 33.5 Å². The smallest absolute Gasteiger partial charge is 0.326 e. The van der Waals surface area contributed by atoms with Crippen molar-refractivity contribution in [3.63, 3.8) is 0 Å². The van der Waals surface area contributed by atoms with Gasteiger partial charge in [0.2, 0.25) is 0 Å². The molecular weight excluding hydrogens is 422 g/mol. The van der Waals surface area contributed by atoms with Crippen molar-refractivity contribution >= 4 is 23.6 Å². The summed E-state index contributed by atoms with van der Waals surface area (Å²) in [6, 6.07) is 12.1. The summed E-state index contributed by atoms with van der Waals surface area (Å²) in [5.41, 5.74) is 4.40. The van der Waals surface area contributed by atoms with Crippen molar-refractivity contribution < 1.29 is 14.7 Å². The molecule has 1 unspecified atom stereocenters. The second-order valence-corrected chi connectivity index (χ2v) is 8.08. The highest BCUT2D eigenvalue weighted by atomic mass is 32.2.